The van der Waals surface area contributed by atoms with Crippen LogP contribution in [0.4, 0.5) is 0 Å². The van der Waals surface area contributed by atoms with Crippen molar-refractivity contribution >= 4 is 11.7 Å². The summed E-state index contributed by atoms with van der Waals surface area (Å²) in [5.74, 6) is -0.0944. The Morgan fingerprint density at radius 1 is 1.08 bits per heavy atom. The van der Waals surface area contributed by atoms with Gasteiger partial charge in [-0.2, -0.15) is 0 Å². The number of nitrogens with zero attached hydrogens (tertiary/aromatic N) is 1. The van der Waals surface area contributed by atoms with Crippen molar-refractivity contribution in [1.82, 2.24) is 10.2 Å². The number of benzene rings is 1. The fraction of sp³-hybridized carbons (Fsp3) is 0.579. The number of hydrogen-bond donors (Lipinski definition) is 1. The molecule has 1 aromatic carbocycles. The van der Waals surface area contributed by atoms with Crippen LogP contribution in [-0.2, 0) is 9.53 Å². The Hall–Kier alpha value is -1.72. The lowest BCUT2D eigenvalue weighted by Gasteiger charge is -2.17. The van der Waals surface area contributed by atoms with Crippen molar-refractivity contribution in [3.05, 3.63) is 35.4 Å². The number of hydrogen-bond acceptors (Lipinski definition) is 4. The Bertz CT molecular complexity index is 513. The van der Waals surface area contributed by atoms with E-state index in [2.05, 4.69) is 24.1 Å². The van der Waals surface area contributed by atoms with Crippen LogP contribution in [0, 0.1) is 6.92 Å². The molecule has 0 fully saturated rings. The van der Waals surface area contributed by atoms with Gasteiger partial charge >= 0.3 is 0 Å². The summed E-state index contributed by atoms with van der Waals surface area (Å²) in [5.41, 5.74) is 1.65. The maximum atomic E-state index is 12.1. The van der Waals surface area contributed by atoms with Gasteiger partial charge < -0.3 is 15.0 Å². The summed E-state index contributed by atoms with van der Waals surface area (Å²) in [5, 5.41) is 2.79. The first-order valence-corrected chi connectivity index (χ1v) is 8.74. The van der Waals surface area contributed by atoms with Crippen LogP contribution in [0.2, 0.25) is 0 Å². The third-order valence-electron chi connectivity index (χ3n) is 4.04. The highest BCUT2D eigenvalue weighted by atomic mass is 16.5. The molecule has 134 valence electrons. The van der Waals surface area contributed by atoms with Gasteiger partial charge in [-0.3, -0.25) is 9.59 Å². The van der Waals surface area contributed by atoms with Gasteiger partial charge in [-0.25, -0.2) is 0 Å². The number of nitrogens with one attached hydrogen (secondary N) is 1. The molecule has 0 bridgehead atoms. The zero-order valence-corrected chi connectivity index (χ0v) is 15.1. The SMILES string of the molecule is CCN(CC)CCOCCNC(=O)CCC(=O)c1ccccc1C. The van der Waals surface area contributed by atoms with E-state index in [0.717, 1.165) is 25.2 Å². The summed E-state index contributed by atoms with van der Waals surface area (Å²) in [6, 6.07) is 7.46. The van der Waals surface area contributed by atoms with E-state index in [1.165, 1.54) is 0 Å². The first-order valence-electron chi connectivity index (χ1n) is 8.74. The van der Waals surface area contributed by atoms with Gasteiger partial charge in [0.2, 0.25) is 5.91 Å². The van der Waals surface area contributed by atoms with Gasteiger partial charge in [0, 0.05) is 31.5 Å². The molecule has 1 aromatic rings. The molecule has 0 saturated carbocycles. The number of carbonyl (C=O) groups excluding carboxylic acids is 2. The Kier molecular flexibility index (Phi) is 9.96. The van der Waals surface area contributed by atoms with Crippen LogP contribution in [0.15, 0.2) is 24.3 Å². The predicted molar refractivity (Wildman–Crippen MR) is 96.4 cm³/mol. The van der Waals surface area contributed by atoms with Crippen LogP contribution in [0.5, 0.6) is 0 Å². The zero-order valence-electron chi connectivity index (χ0n) is 15.1. The van der Waals surface area contributed by atoms with Gasteiger partial charge in [-0.05, 0) is 25.6 Å². The number of ketones is 1. The topological polar surface area (TPSA) is 58.6 Å². The molecule has 0 aliphatic carbocycles. The van der Waals surface area contributed by atoms with E-state index < -0.39 is 0 Å². The second-order valence-corrected chi connectivity index (χ2v) is 5.73. The maximum Gasteiger partial charge on any atom is 0.220 e. The highest BCUT2D eigenvalue weighted by Crippen LogP contribution is 2.10. The Balaban J connectivity index is 2.12. The number of aryl methyl sites for hydroxylation is 1. The van der Waals surface area contributed by atoms with Gasteiger partial charge in [0.15, 0.2) is 5.78 Å². The number of Topliss-reactive ketones (excluding diaryl/α,β-unsaturated/α-hetero) is 1. The molecule has 0 saturated heterocycles. The summed E-state index contributed by atoms with van der Waals surface area (Å²) in [4.78, 5) is 26.2. The predicted octanol–water partition coefficient (Wildman–Crippen LogP) is 2.43. The van der Waals surface area contributed by atoms with Gasteiger partial charge in [0.05, 0.1) is 13.2 Å². The Labute approximate surface area is 145 Å². The molecule has 5 heteroatoms. The minimum atomic E-state index is -0.107. The first kappa shape index (κ1) is 20.3. The zero-order chi connectivity index (χ0) is 17.8. The third-order valence-corrected chi connectivity index (χ3v) is 4.04. The lowest BCUT2D eigenvalue weighted by atomic mass is 10.0. The van der Waals surface area contributed by atoms with Gasteiger partial charge in [-0.15, -0.1) is 0 Å². The lowest BCUT2D eigenvalue weighted by molar-refractivity contribution is -0.121. The van der Waals surface area contributed by atoms with Crippen LogP contribution in [0.3, 0.4) is 0 Å². The molecule has 0 aliphatic rings. The average molecular weight is 334 g/mol. The van der Waals surface area contributed by atoms with Crippen LogP contribution >= 0.6 is 0 Å². The highest BCUT2D eigenvalue weighted by Gasteiger charge is 2.10. The molecule has 0 aliphatic heterocycles. The molecule has 5 nitrogen and oxygen atoms in total. The quantitative estimate of drug-likeness (QED) is 0.471. The minimum absolute atomic E-state index is 0.0127. The molecular formula is C19H30N2O3. The van der Waals surface area contributed by atoms with Crippen molar-refractivity contribution in [3.63, 3.8) is 0 Å². The molecule has 1 rings (SSSR count). The van der Waals surface area contributed by atoms with E-state index in [-0.39, 0.29) is 24.5 Å². The standard InChI is InChI=1S/C19H30N2O3/c1-4-21(5-2)13-15-24-14-12-20-19(23)11-10-18(22)17-9-7-6-8-16(17)3/h6-9H,4-5,10-15H2,1-3H3,(H,20,23). The fourth-order valence-electron chi connectivity index (χ4n) is 2.43. The smallest absolute Gasteiger partial charge is 0.220 e. The molecule has 0 heterocycles. The van der Waals surface area contributed by atoms with Gasteiger partial charge in [-0.1, -0.05) is 38.1 Å². The van der Waals surface area contributed by atoms with Crippen molar-refractivity contribution in [2.75, 3.05) is 39.4 Å². The average Bonchev–Trinajstić information content (AvgIpc) is 2.59. The monoisotopic (exact) mass is 334 g/mol. The van der Waals surface area contributed by atoms with Crippen LogP contribution in [0.25, 0.3) is 0 Å². The maximum absolute atomic E-state index is 12.1. The van der Waals surface area contributed by atoms with E-state index >= 15 is 0 Å². The summed E-state index contributed by atoms with van der Waals surface area (Å²) in [7, 11) is 0. The highest BCUT2D eigenvalue weighted by molar-refractivity contribution is 5.99. The summed E-state index contributed by atoms with van der Waals surface area (Å²) >= 11 is 0. The molecular weight excluding hydrogens is 304 g/mol. The van der Waals surface area contributed by atoms with Gasteiger partial charge in [0.1, 0.15) is 0 Å². The molecule has 1 N–H and O–H groups in total. The Morgan fingerprint density at radius 3 is 2.46 bits per heavy atom. The summed E-state index contributed by atoms with van der Waals surface area (Å²) in [6.45, 7) is 10.8. The van der Waals surface area contributed by atoms with E-state index in [9.17, 15) is 9.59 Å². The molecule has 1 amide bonds. The molecule has 0 unspecified atom stereocenters. The van der Waals surface area contributed by atoms with Crippen LogP contribution < -0.4 is 5.32 Å². The second-order valence-electron chi connectivity index (χ2n) is 5.73. The molecule has 0 atom stereocenters. The summed E-state index contributed by atoms with van der Waals surface area (Å²) in [6.07, 6.45) is 0.451. The molecule has 0 aromatic heterocycles. The number of ether oxygens (including phenoxy) is 1. The fourth-order valence-corrected chi connectivity index (χ4v) is 2.43. The lowest BCUT2D eigenvalue weighted by Crippen LogP contribution is -2.30. The number of likely N-dealkylation sites (N-methyl/N-ethyl adjacent to an activating group) is 1. The number of amides is 1. The second kappa shape index (κ2) is 11.8. The summed E-state index contributed by atoms with van der Waals surface area (Å²) < 4.78 is 5.51. The molecule has 24 heavy (non-hydrogen) atoms. The van der Waals surface area contributed by atoms with Crippen molar-refractivity contribution in [1.29, 1.82) is 0 Å². The number of rotatable bonds is 12. The van der Waals surface area contributed by atoms with Crippen molar-refractivity contribution in [2.45, 2.75) is 33.6 Å². The van der Waals surface area contributed by atoms with E-state index in [1.54, 1.807) is 6.07 Å². The largest absolute Gasteiger partial charge is 0.378 e. The van der Waals surface area contributed by atoms with Crippen molar-refractivity contribution in [3.8, 4) is 0 Å². The van der Waals surface area contributed by atoms with E-state index in [1.807, 2.05) is 25.1 Å². The molecule has 0 spiro atoms. The third kappa shape index (κ3) is 7.70. The van der Waals surface area contributed by atoms with Gasteiger partial charge in [0.25, 0.3) is 0 Å². The van der Waals surface area contributed by atoms with Crippen LogP contribution in [-0.4, -0.2) is 56.0 Å². The minimum Gasteiger partial charge on any atom is -0.378 e. The van der Waals surface area contributed by atoms with Crippen molar-refractivity contribution in [2.24, 2.45) is 0 Å². The van der Waals surface area contributed by atoms with E-state index in [0.29, 0.717) is 25.3 Å². The number of carbonyl (C=O) groups is 2. The van der Waals surface area contributed by atoms with Crippen LogP contribution in [0.1, 0.15) is 42.6 Å². The normalized spacial score (nSPS) is 10.8. The molecule has 0 radical (unpaired) electrons. The van der Waals surface area contributed by atoms with Crippen molar-refractivity contribution < 1.29 is 14.3 Å². The first-order chi connectivity index (χ1) is 11.6. The Morgan fingerprint density at radius 2 is 1.79 bits per heavy atom. The van der Waals surface area contributed by atoms with E-state index in [4.69, 9.17) is 4.74 Å².